The zero-order valence-electron chi connectivity index (χ0n) is 10.3. The summed E-state index contributed by atoms with van der Waals surface area (Å²) in [6, 6.07) is 0. The van der Waals surface area contributed by atoms with E-state index in [1.165, 1.54) is 0 Å². The van der Waals surface area contributed by atoms with Gasteiger partial charge in [-0.2, -0.15) is 0 Å². The van der Waals surface area contributed by atoms with Crippen LogP contribution in [0, 0.1) is 18.8 Å². The predicted molar refractivity (Wildman–Crippen MR) is 70.8 cm³/mol. The van der Waals surface area contributed by atoms with Gasteiger partial charge in [-0.3, -0.25) is 9.59 Å². The average Bonchev–Trinajstić information content (AvgIpc) is 2.75. The van der Waals surface area contributed by atoms with Crippen molar-refractivity contribution in [1.82, 2.24) is 0 Å². The minimum absolute atomic E-state index is 0.0394. The van der Waals surface area contributed by atoms with E-state index in [1.807, 2.05) is 17.7 Å². The monoisotopic (exact) mass is 267 g/mol. The van der Waals surface area contributed by atoms with E-state index < -0.39 is 5.97 Å². The number of carbonyl (C=O) groups is 2. The summed E-state index contributed by atoms with van der Waals surface area (Å²) in [4.78, 5) is 23.1. The van der Waals surface area contributed by atoms with E-state index in [1.54, 1.807) is 11.3 Å². The van der Waals surface area contributed by atoms with Crippen LogP contribution in [0.2, 0.25) is 0 Å². The van der Waals surface area contributed by atoms with E-state index in [-0.39, 0.29) is 17.7 Å². The number of nitrogens with one attached hydrogen (secondary N) is 1. The van der Waals surface area contributed by atoms with Crippen LogP contribution in [0.25, 0.3) is 0 Å². The molecule has 2 N–H and O–H groups in total. The summed E-state index contributed by atoms with van der Waals surface area (Å²) in [5.41, 5.74) is 1.90. The molecule has 5 heteroatoms. The second kappa shape index (κ2) is 5.52. The lowest BCUT2D eigenvalue weighted by atomic mass is 9.81. The Morgan fingerprint density at radius 2 is 2.06 bits per heavy atom. The Morgan fingerprint density at radius 3 is 2.67 bits per heavy atom. The van der Waals surface area contributed by atoms with Crippen LogP contribution >= 0.6 is 11.3 Å². The fourth-order valence-electron chi connectivity index (χ4n) is 2.38. The standard InChI is InChI=1S/C13H17NO3S/c1-8-6-18-7-11(8)14-12(15)9-3-2-4-10(5-9)13(16)17/h6-7,9-10H,2-5H2,1H3,(H,14,15)(H,16,17). The number of aliphatic carboxylic acids is 1. The Bertz CT molecular complexity index is 455. The molecule has 0 aromatic carbocycles. The van der Waals surface area contributed by atoms with Crippen molar-refractivity contribution >= 4 is 28.9 Å². The fourth-order valence-corrected chi connectivity index (χ4v) is 3.16. The van der Waals surface area contributed by atoms with Crippen molar-refractivity contribution in [2.45, 2.75) is 32.6 Å². The van der Waals surface area contributed by atoms with Gasteiger partial charge in [0.05, 0.1) is 11.6 Å². The molecule has 1 saturated carbocycles. The molecule has 98 valence electrons. The maximum absolute atomic E-state index is 12.1. The number of thiophene rings is 1. The van der Waals surface area contributed by atoms with Crippen molar-refractivity contribution in [3.63, 3.8) is 0 Å². The van der Waals surface area contributed by atoms with Gasteiger partial charge in [-0.1, -0.05) is 6.42 Å². The molecular formula is C13H17NO3S. The zero-order chi connectivity index (χ0) is 13.1. The molecule has 1 aromatic heterocycles. The highest BCUT2D eigenvalue weighted by molar-refractivity contribution is 7.08. The van der Waals surface area contributed by atoms with Crippen LogP contribution in [-0.2, 0) is 9.59 Å². The lowest BCUT2D eigenvalue weighted by Gasteiger charge is -2.25. The van der Waals surface area contributed by atoms with E-state index in [0.29, 0.717) is 12.8 Å². The van der Waals surface area contributed by atoms with Crippen molar-refractivity contribution in [2.24, 2.45) is 11.8 Å². The fraction of sp³-hybridized carbons (Fsp3) is 0.538. The van der Waals surface area contributed by atoms with Crippen molar-refractivity contribution in [3.05, 3.63) is 16.3 Å². The lowest BCUT2D eigenvalue weighted by molar-refractivity contribution is -0.143. The minimum atomic E-state index is -0.779. The molecule has 2 unspecified atom stereocenters. The number of carboxylic acids is 1. The summed E-state index contributed by atoms with van der Waals surface area (Å²) in [7, 11) is 0. The summed E-state index contributed by atoms with van der Waals surface area (Å²) < 4.78 is 0. The summed E-state index contributed by atoms with van der Waals surface area (Å²) in [6.45, 7) is 1.95. The first kappa shape index (κ1) is 13.1. The number of carbonyl (C=O) groups excluding carboxylic acids is 1. The third-order valence-electron chi connectivity index (χ3n) is 3.51. The van der Waals surface area contributed by atoms with Gasteiger partial charge in [-0.15, -0.1) is 11.3 Å². The largest absolute Gasteiger partial charge is 0.481 e. The van der Waals surface area contributed by atoms with Gasteiger partial charge in [0.15, 0.2) is 0 Å². The number of hydrogen-bond donors (Lipinski definition) is 2. The third-order valence-corrected chi connectivity index (χ3v) is 4.37. The number of hydrogen-bond acceptors (Lipinski definition) is 3. The molecule has 1 aliphatic carbocycles. The summed E-state index contributed by atoms with van der Waals surface area (Å²) >= 11 is 1.55. The molecule has 1 aromatic rings. The lowest BCUT2D eigenvalue weighted by Crippen LogP contribution is -2.30. The number of aryl methyl sites for hydroxylation is 1. The first-order chi connectivity index (χ1) is 8.58. The Morgan fingerprint density at radius 1 is 1.33 bits per heavy atom. The first-order valence-corrected chi connectivity index (χ1v) is 7.08. The van der Waals surface area contributed by atoms with Gasteiger partial charge >= 0.3 is 5.97 Å². The molecule has 2 rings (SSSR count). The smallest absolute Gasteiger partial charge is 0.306 e. The van der Waals surface area contributed by atoms with Gasteiger partial charge < -0.3 is 10.4 Å². The van der Waals surface area contributed by atoms with Crippen LogP contribution < -0.4 is 5.32 Å². The Kier molecular flexibility index (Phi) is 4.01. The Balaban J connectivity index is 1.97. The van der Waals surface area contributed by atoms with Crippen molar-refractivity contribution in [3.8, 4) is 0 Å². The average molecular weight is 267 g/mol. The molecule has 1 aliphatic rings. The highest BCUT2D eigenvalue weighted by Crippen LogP contribution is 2.30. The van der Waals surface area contributed by atoms with Gasteiger partial charge in [0, 0.05) is 11.3 Å². The zero-order valence-corrected chi connectivity index (χ0v) is 11.1. The van der Waals surface area contributed by atoms with Crippen LogP contribution in [0.3, 0.4) is 0 Å². The molecule has 1 amide bonds. The molecule has 1 heterocycles. The molecule has 2 atom stereocenters. The van der Waals surface area contributed by atoms with Crippen molar-refractivity contribution in [2.75, 3.05) is 5.32 Å². The van der Waals surface area contributed by atoms with Crippen molar-refractivity contribution < 1.29 is 14.7 Å². The predicted octanol–water partition coefficient (Wildman–Crippen LogP) is 2.89. The molecular weight excluding hydrogens is 250 g/mol. The van der Waals surface area contributed by atoms with Crippen molar-refractivity contribution in [1.29, 1.82) is 0 Å². The van der Waals surface area contributed by atoms with Gasteiger partial charge in [0.2, 0.25) is 5.91 Å². The minimum Gasteiger partial charge on any atom is -0.481 e. The second-order valence-electron chi connectivity index (χ2n) is 4.86. The molecule has 0 aliphatic heterocycles. The normalized spacial score (nSPS) is 23.6. The van der Waals surface area contributed by atoms with Crippen LogP contribution in [0.5, 0.6) is 0 Å². The second-order valence-corrected chi connectivity index (χ2v) is 5.60. The quantitative estimate of drug-likeness (QED) is 0.885. The summed E-state index contributed by atoms with van der Waals surface area (Å²) in [5, 5.41) is 15.8. The highest BCUT2D eigenvalue weighted by atomic mass is 32.1. The maximum Gasteiger partial charge on any atom is 0.306 e. The van der Waals surface area contributed by atoms with Crippen LogP contribution in [-0.4, -0.2) is 17.0 Å². The summed E-state index contributed by atoms with van der Waals surface area (Å²) in [5.74, 6) is -1.35. The Labute approximate surface area is 110 Å². The van der Waals surface area contributed by atoms with Gasteiger partial charge in [0.1, 0.15) is 0 Å². The molecule has 4 nitrogen and oxygen atoms in total. The number of anilines is 1. The highest BCUT2D eigenvalue weighted by Gasteiger charge is 2.31. The molecule has 0 bridgehead atoms. The van der Waals surface area contributed by atoms with Gasteiger partial charge in [-0.05, 0) is 37.1 Å². The van der Waals surface area contributed by atoms with Gasteiger partial charge in [0.25, 0.3) is 0 Å². The van der Waals surface area contributed by atoms with E-state index in [2.05, 4.69) is 5.32 Å². The third kappa shape index (κ3) is 2.90. The topological polar surface area (TPSA) is 66.4 Å². The van der Waals surface area contributed by atoms with Crippen LogP contribution in [0.4, 0.5) is 5.69 Å². The number of carboxylic acid groups (broad SMARTS) is 1. The maximum atomic E-state index is 12.1. The van der Waals surface area contributed by atoms with E-state index in [4.69, 9.17) is 5.11 Å². The molecule has 18 heavy (non-hydrogen) atoms. The van der Waals surface area contributed by atoms with E-state index in [9.17, 15) is 9.59 Å². The van der Waals surface area contributed by atoms with E-state index in [0.717, 1.165) is 24.1 Å². The number of rotatable bonds is 3. The molecule has 0 radical (unpaired) electrons. The van der Waals surface area contributed by atoms with Gasteiger partial charge in [-0.25, -0.2) is 0 Å². The number of amides is 1. The SMILES string of the molecule is Cc1cscc1NC(=O)C1CCCC(C(=O)O)C1. The molecule has 1 fully saturated rings. The molecule has 0 spiro atoms. The first-order valence-electron chi connectivity index (χ1n) is 6.14. The van der Waals surface area contributed by atoms with Crippen LogP contribution in [0.1, 0.15) is 31.2 Å². The molecule has 0 saturated heterocycles. The van der Waals surface area contributed by atoms with E-state index >= 15 is 0 Å². The van der Waals surface area contributed by atoms with Crippen LogP contribution in [0.15, 0.2) is 10.8 Å². The Hall–Kier alpha value is -1.36. The summed E-state index contributed by atoms with van der Waals surface area (Å²) in [6.07, 6.45) is 2.76.